The van der Waals surface area contributed by atoms with E-state index in [1.807, 2.05) is 12.1 Å². The van der Waals surface area contributed by atoms with Crippen molar-refractivity contribution in [3.05, 3.63) is 132 Å². The molecular weight excluding hydrogens is 786 g/mol. The second kappa shape index (κ2) is 14.9. The lowest BCUT2D eigenvalue weighted by molar-refractivity contribution is -0.137. The van der Waals surface area contributed by atoms with Crippen molar-refractivity contribution in [2.45, 2.75) is 57.9 Å². The Kier molecular flexibility index (Phi) is 9.82. The van der Waals surface area contributed by atoms with Crippen LogP contribution >= 0.6 is 0 Å². The van der Waals surface area contributed by atoms with Gasteiger partial charge in [0, 0.05) is 62.7 Å². The highest BCUT2D eigenvalue weighted by atomic mass is 28.4. The number of carbonyl (C=O) groups is 3. The number of pyridine rings is 1. The van der Waals surface area contributed by atoms with E-state index in [9.17, 15) is 27.6 Å². The van der Waals surface area contributed by atoms with Gasteiger partial charge in [0.1, 0.15) is 5.65 Å². The van der Waals surface area contributed by atoms with Crippen LogP contribution in [0, 0.1) is 5.92 Å². The number of amides is 4. The molecule has 60 heavy (non-hydrogen) atoms. The summed E-state index contributed by atoms with van der Waals surface area (Å²) in [5.41, 5.74) is 1.02. The van der Waals surface area contributed by atoms with Gasteiger partial charge in [-0.2, -0.15) is 13.2 Å². The van der Waals surface area contributed by atoms with E-state index in [4.69, 9.17) is 4.43 Å². The molecule has 0 saturated carbocycles. The summed E-state index contributed by atoms with van der Waals surface area (Å²) in [5.74, 6) is -1.13. The van der Waals surface area contributed by atoms with Crippen LogP contribution in [0.15, 0.2) is 110 Å². The fourth-order valence-electron chi connectivity index (χ4n) is 9.43. The molecule has 4 amide bonds. The van der Waals surface area contributed by atoms with E-state index in [0.717, 1.165) is 25.0 Å². The van der Waals surface area contributed by atoms with Gasteiger partial charge in [0.25, 0.3) is 20.1 Å². The van der Waals surface area contributed by atoms with Gasteiger partial charge < -0.3 is 18.8 Å². The molecule has 3 aromatic heterocycles. The Balaban J connectivity index is 0.975. The van der Waals surface area contributed by atoms with Gasteiger partial charge in [-0.25, -0.2) is 9.78 Å². The summed E-state index contributed by atoms with van der Waals surface area (Å²) >= 11 is 0. The number of aromatic nitrogens is 3. The molecule has 1 fully saturated rings. The number of urea groups is 1. The second-order valence-electron chi connectivity index (χ2n) is 17.0. The summed E-state index contributed by atoms with van der Waals surface area (Å²) in [6.45, 7) is 8.77. The first-order valence-corrected chi connectivity index (χ1v) is 22.2. The Morgan fingerprint density at radius 3 is 2.13 bits per heavy atom. The number of carbonyl (C=O) groups excluding carboxylic acids is 3. The van der Waals surface area contributed by atoms with E-state index < -0.39 is 31.9 Å². The number of halogens is 3. The third kappa shape index (κ3) is 6.71. The molecule has 0 bridgehead atoms. The average Bonchev–Trinajstić information content (AvgIpc) is 3.86. The minimum Gasteiger partial charge on any atom is -0.407 e. The van der Waals surface area contributed by atoms with Crippen molar-refractivity contribution in [1.82, 2.24) is 29.1 Å². The number of alkyl halides is 3. The molecule has 1 saturated heterocycles. The Labute approximate surface area is 346 Å². The van der Waals surface area contributed by atoms with E-state index in [-0.39, 0.29) is 58.7 Å². The molecule has 0 aliphatic carbocycles. The molecule has 0 unspecified atom stereocenters. The number of rotatable bonds is 7. The highest BCUT2D eigenvalue weighted by Gasteiger charge is 2.50. The van der Waals surface area contributed by atoms with Gasteiger partial charge in [-0.15, -0.1) is 0 Å². The molecule has 1 N–H and O–H groups in total. The Morgan fingerprint density at radius 1 is 0.833 bits per heavy atom. The smallest absolute Gasteiger partial charge is 0.407 e. The van der Waals surface area contributed by atoms with Crippen LogP contribution in [-0.4, -0.2) is 76.2 Å². The maximum Gasteiger partial charge on any atom is 0.416 e. The number of benzene rings is 3. The molecule has 0 spiro atoms. The highest BCUT2D eigenvalue weighted by molar-refractivity contribution is 6.99. The molecule has 6 aromatic rings. The van der Waals surface area contributed by atoms with Gasteiger partial charge in [-0.05, 0) is 64.0 Å². The first kappa shape index (κ1) is 39.5. The molecule has 0 radical (unpaired) electrons. The lowest BCUT2D eigenvalue weighted by Gasteiger charge is -2.44. The van der Waals surface area contributed by atoms with E-state index >= 15 is 0 Å². The zero-order valence-electron chi connectivity index (χ0n) is 33.6. The fourth-order valence-corrected chi connectivity index (χ4v) is 14.1. The van der Waals surface area contributed by atoms with Crippen LogP contribution in [-0.2, 0) is 33.3 Å². The van der Waals surface area contributed by atoms with E-state index in [1.165, 1.54) is 16.6 Å². The molecule has 308 valence electrons. The summed E-state index contributed by atoms with van der Waals surface area (Å²) < 4.78 is 54.5. The van der Waals surface area contributed by atoms with Crippen LogP contribution in [0.5, 0.6) is 0 Å². The molecule has 14 heteroatoms. The first-order chi connectivity index (χ1) is 28.7. The largest absolute Gasteiger partial charge is 0.416 e. The van der Waals surface area contributed by atoms with Crippen LogP contribution in [0.25, 0.3) is 27.7 Å². The summed E-state index contributed by atoms with van der Waals surface area (Å²) in [4.78, 5) is 48.9. The SMILES string of the molecule is CC(C)(C)[Si](OCC1CCN(C(=O)N2CCn3cc(C4=C(c5cnc6ccccn56)C(=O)NC4=O)c4cc(C(F)(F)F)cc(c43)C2)CC1)(c1ccccc1)c1ccccc1. The zero-order chi connectivity index (χ0) is 42.0. The Bertz CT molecular complexity index is 2640. The molecule has 3 aliphatic rings. The van der Waals surface area contributed by atoms with Gasteiger partial charge in [-0.3, -0.25) is 19.3 Å². The first-order valence-electron chi connectivity index (χ1n) is 20.3. The maximum absolute atomic E-state index is 14.6. The maximum atomic E-state index is 14.6. The number of likely N-dealkylation sites (tertiary alicyclic amines) is 1. The molecule has 3 aliphatic heterocycles. The van der Waals surface area contributed by atoms with Gasteiger partial charge in [0.15, 0.2) is 0 Å². The van der Waals surface area contributed by atoms with Crippen LogP contribution in [0.2, 0.25) is 5.04 Å². The normalized spacial score (nSPS) is 16.9. The average molecular weight is 831 g/mol. The van der Waals surface area contributed by atoms with Gasteiger partial charge in [0.2, 0.25) is 0 Å². The fraction of sp³-hybridized carbons (Fsp3) is 0.304. The van der Waals surface area contributed by atoms with Crippen molar-refractivity contribution >= 4 is 64.2 Å². The van der Waals surface area contributed by atoms with E-state index in [2.05, 4.69) is 79.6 Å². The number of imide groups is 1. The molecule has 9 rings (SSSR count). The quantitative estimate of drug-likeness (QED) is 0.137. The van der Waals surface area contributed by atoms with E-state index in [0.29, 0.717) is 42.1 Å². The van der Waals surface area contributed by atoms with Crippen molar-refractivity contribution in [2.24, 2.45) is 5.92 Å². The molecule has 10 nitrogen and oxygen atoms in total. The summed E-state index contributed by atoms with van der Waals surface area (Å²) in [7, 11) is -2.74. The minimum absolute atomic E-state index is 0.0185. The van der Waals surface area contributed by atoms with Crippen LogP contribution in [0.4, 0.5) is 18.0 Å². The van der Waals surface area contributed by atoms with Crippen molar-refractivity contribution in [2.75, 3.05) is 26.2 Å². The third-order valence-electron chi connectivity index (χ3n) is 12.3. The lowest BCUT2D eigenvalue weighted by Crippen LogP contribution is -2.67. The standard InChI is InChI=1S/C46H45F3N6O4Si/c1-45(2,3)60(33-12-6-4-7-13-33,34-14-8-5-9-15-34)59-29-30-17-20-52(21-18-30)44(58)54-23-22-53-28-36(35-25-32(46(47,48)49)24-31(27-54)41(35)53)39-40(43(57)51-42(39)56)37-26-50-38-16-10-11-19-55(37)38/h4-16,19,24-26,28,30H,17-18,20-23,27,29H2,1-3H3,(H,51,56,57). The number of hydrogen-bond acceptors (Lipinski definition) is 5. The molecule has 6 heterocycles. The third-order valence-corrected chi connectivity index (χ3v) is 17.3. The predicted molar refractivity (Wildman–Crippen MR) is 226 cm³/mol. The van der Waals surface area contributed by atoms with Crippen molar-refractivity contribution in [1.29, 1.82) is 0 Å². The van der Waals surface area contributed by atoms with Crippen LogP contribution < -0.4 is 15.7 Å². The number of fused-ring (bicyclic) bond motifs is 1. The topological polar surface area (TPSA) is 101 Å². The second-order valence-corrected chi connectivity index (χ2v) is 21.3. The summed E-state index contributed by atoms with van der Waals surface area (Å²) in [5, 5.41) is 4.80. The predicted octanol–water partition coefficient (Wildman–Crippen LogP) is 7.10. The molecule has 0 atom stereocenters. The highest BCUT2D eigenvalue weighted by Crippen LogP contribution is 2.42. The number of nitrogens with zero attached hydrogens (tertiary/aromatic N) is 5. The zero-order valence-corrected chi connectivity index (χ0v) is 34.6. The van der Waals surface area contributed by atoms with Crippen LogP contribution in [0.1, 0.15) is 56.0 Å². The number of nitrogens with one attached hydrogen (secondary N) is 1. The van der Waals surface area contributed by atoms with Gasteiger partial charge in [-0.1, -0.05) is 87.5 Å². The molecule has 3 aromatic carbocycles. The number of hydrogen-bond donors (Lipinski definition) is 1. The van der Waals surface area contributed by atoms with E-state index in [1.54, 1.807) is 49.4 Å². The van der Waals surface area contributed by atoms with Crippen molar-refractivity contribution in [3.63, 3.8) is 0 Å². The van der Waals surface area contributed by atoms with Crippen molar-refractivity contribution < 1.29 is 32.0 Å². The number of imidazole rings is 1. The molecular formula is C46H45F3N6O4Si. The summed E-state index contributed by atoms with van der Waals surface area (Å²) in [6.07, 6.45) is 1.58. The Hall–Kier alpha value is -5.99. The van der Waals surface area contributed by atoms with Crippen LogP contribution in [0.3, 0.4) is 0 Å². The van der Waals surface area contributed by atoms with Gasteiger partial charge >= 0.3 is 12.2 Å². The van der Waals surface area contributed by atoms with Gasteiger partial charge in [0.05, 0.1) is 34.1 Å². The number of piperidine rings is 1. The monoisotopic (exact) mass is 830 g/mol. The summed E-state index contributed by atoms with van der Waals surface area (Å²) in [6, 6.07) is 28.2. The minimum atomic E-state index is -4.71. The Morgan fingerprint density at radius 2 is 1.48 bits per heavy atom. The van der Waals surface area contributed by atoms with Crippen molar-refractivity contribution in [3.8, 4) is 0 Å². The lowest BCUT2D eigenvalue weighted by atomic mass is 9.96.